The van der Waals surface area contributed by atoms with E-state index in [2.05, 4.69) is 26.2 Å². The Morgan fingerprint density at radius 1 is 1.30 bits per heavy atom. The lowest BCUT2D eigenvalue weighted by molar-refractivity contribution is -0.137. The molecule has 0 aliphatic rings. The molecule has 0 aliphatic carbocycles. The Kier molecular flexibility index (Phi) is 5.01. The van der Waals surface area contributed by atoms with Crippen molar-refractivity contribution in [3.05, 3.63) is 70.1 Å². The number of alkyl halides is 3. The number of aromatic nitrogens is 2. The second-order valence-corrected chi connectivity index (χ2v) is 6.38. The van der Waals surface area contributed by atoms with Gasteiger partial charge in [0, 0.05) is 16.4 Å². The van der Waals surface area contributed by atoms with E-state index in [1.807, 2.05) is 0 Å². The summed E-state index contributed by atoms with van der Waals surface area (Å²) in [6.45, 7) is 0. The highest BCUT2D eigenvalue weighted by molar-refractivity contribution is 9.10. The normalized spacial score (nSPS) is 12.0. The highest BCUT2D eigenvalue weighted by atomic mass is 79.9. The molecule has 136 valence electrons. The third kappa shape index (κ3) is 4.17. The minimum atomic E-state index is -4.53. The van der Waals surface area contributed by atoms with Gasteiger partial charge in [0.2, 0.25) is 0 Å². The lowest BCUT2D eigenvalue weighted by Gasteiger charge is -2.09. The van der Waals surface area contributed by atoms with Crippen LogP contribution in [-0.4, -0.2) is 15.3 Å². The number of rotatable bonds is 3. The number of carbonyl (C=O) groups is 1. The topological polar surface area (TPSA) is 70.2 Å². The van der Waals surface area contributed by atoms with E-state index in [9.17, 15) is 23.2 Å². The number of fused-ring (bicyclic) bond motifs is 1. The van der Waals surface area contributed by atoms with Gasteiger partial charge in [-0.1, -0.05) is 6.07 Å². The Bertz CT molecular complexity index is 1100. The molecular formula is C18H10BrF3N4O. The third-order valence-corrected chi connectivity index (χ3v) is 4.07. The molecule has 3 aromatic rings. The standard InChI is InChI=1S/C18H10BrF3N4O/c19-13-4-5-16-24-9-15(26(16)10-13)6-11(8-23)17(27)25-14-3-1-2-12(7-14)18(20,21)22/h1-7,9-10H,(H,25,27). The summed E-state index contributed by atoms with van der Waals surface area (Å²) >= 11 is 3.32. The predicted molar refractivity (Wildman–Crippen MR) is 96.6 cm³/mol. The molecule has 0 bridgehead atoms. The first kappa shape index (κ1) is 18.7. The first-order valence-corrected chi connectivity index (χ1v) is 8.30. The van der Waals surface area contributed by atoms with Gasteiger partial charge in [-0.2, -0.15) is 18.4 Å². The number of anilines is 1. The molecule has 0 atom stereocenters. The fourth-order valence-electron chi connectivity index (χ4n) is 2.35. The third-order valence-electron chi connectivity index (χ3n) is 3.60. The van der Waals surface area contributed by atoms with Crippen LogP contribution in [-0.2, 0) is 11.0 Å². The van der Waals surface area contributed by atoms with Crippen molar-refractivity contribution >= 4 is 39.2 Å². The van der Waals surface area contributed by atoms with Gasteiger partial charge in [-0.25, -0.2) is 4.98 Å². The van der Waals surface area contributed by atoms with Crippen LogP contribution in [0.5, 0.6) is 0 Å². The van der Waals surface area contributed by atoms with E-state index in [4.69, 9.17) is 0 Å². The van der Waals surface area contributed by atoms with Crippen molar-refractivity contribution in [2.24, 2.45) is 0 Å². The highest BCUT2D eigenvalue weighted by Crippen LogP contribution is 2.30. The fraction of sp³-hybridized carbons (Fsp3) is 0.0556. The van der Waals surface area contributed by atoms with Crippen LogP contribution in [0.1, 0.15) is 11.3 Å². The van der Waals surface area contributed by atoms with Gasteiger partial charge in [-0.15, -0.1) is 0 Å². The van der Waals surface area contributed by atoms with Crippen molar-refractivity contribution < 1.29 is 18.0 Å². The zero-order valence-corrected chi connectivity index (χ0v) is 15.0. The Labute approximate surface area is 159 Å². The van der Waals surface area contributed by atoms with Crippen LogP contribution < -0.4 is 5.32 Å². The molecular weight excluding hydrogens is 425 g/mol. The molecule has 0 spiro atoms. The first-order chi connectivity index (χ1) is 12.8. The van der Waals surface area contributed by atoms with Crippen molar-refractivity contribution in [2.75, 3.05) is 5.32 Å². The van der Waals surface area contributed by atoms with Crippen molar-refractivity contribution in [1.82, 2.24) is 9.38 Å². The molecule has 3 rings (SSSR count). The average Bonchev–Trinajstić information content (AvgIpc) is 3.01. The van der Waals surface area contributed by atoms with E-state index in [1.54, 1.807) is 28.8 Å². The minimum Gasteiger partial charge on any atom is -0.321 e. The van der Waals surface area contributed by atoms with Crippen LogP contribution in [0.25, 0.3) is 11.7 Å². The zero-order valence-electron chi connectivity index (χ0n) is 13.5. The second kappa shape index (κ2) is 7.25. The van der Waals surface area contributed by atoms with Gasteiger partial charge in [0.25, 0.3) is 5.91 Å². The number of benzene rings is 1. The molecule has 0 fully saturated rings. The molecule has 5 nitrogen and oxygen atoms in total. The van der Waals surface area contributed by atoms with E-state index in [1.165, 1.54) is 24.4 Å². The summed E-state index contributed by atoms with van der Waals surface area (Å²) in [4.78, 5) is 16.5. The SMILES string of the molecule is N#CC(=Cc1cnc2ccc(Br)cn12)C(=O)Nc1cccc(C(F)(F)F)c1. The number of nitrogens with one attached hydrogen (secondary N) is 1. The molecule has 0 aliphatic heterocycles. The fourth-order valence-corrected chi connectivity index (χ4v) is 2.69. The number of carbonyl (C=O) groups excluding carboxylic acids is 1. The molecule has 2 heterocycles. The number of hydrogen-bond acceptors (Lipinski definition) is 3. The van der Waals surface area contributed by atoms with Crippen LogP contribution in [0, 0.1) is 11.3 Å². The molecule has 0 saturated carbocycles. The van der Waals surface area contributed by atoms with Gasteiger partial charge >= 0.3 is 6.18 Å². The van der Waals surface area contributed by atoms with E-state index < -0.39 is 17.6 Å². The summed E-state index contributed by atoms with van der Waals surface area (Å²) < 4.78 is 40.8. The Morgan fingerprint density at radius 2 is 2.07 bits per heavy atom. The van der Waals surface area contributed by atoms with Crippen LogP contribution in [0.15, 0.2) is 58.8 Å². The van der Waals surface area contributed by atoms with Crippen molar-refractivity contribution in [3.63, 3.8) is 0 Å². The lowest BCUT2D eigenvalue weighted by atomic mass is 10.1. The quantitative estimate of drug-likeness (QED) is 0.481. The molecule has 9 heteroatoms. The number of hydrogen-bond donors (Lipinski definition) is 1. The van der Waals surface area contributed by atoms with Gasteiger partial charge in [0.15, 0.2) is 0 Å². The molecule has 27 heavy (non-hydrogen) atoms. The van der Waals surface area contributed by atoms with Gasteiger partial charge in [0.1, 0.15) is 17.3 Å². The maximum absolute atomic E-state index is 12.8. The molecule has 1 amide bonds. The molecule has 2 aromatic heterocycles. The van der Waals surface area contributed by atoms with Gasteiger partial charge in [-0.05, 0) is 52.3 Å². The van der Waals surface area contributed by atoms with Crippen LogP contribution in [0.2, 0.25) is 0 Å². The smallest absolute Gasteiger partial charge is 0.321 e. The molecule has 1 N–H and O–H groups in total. The number of imidazole rings is 1. The average molecular weight is 435 g/mol. The van der Waals surface area contributed by atoms with E-state index >= 15 is 0 Å². The maximum Gasteiger partial charge on any atom is 0.416 e. The number of nitriles is 1. The second-order valence-electron chi connectivity index (χ2n) is 5.46. The minimum absolute atomic E-state index is 0.0585. The van der Waals surface area contributed by atoms with E-state index in [0.29, 0.717) is 11.3 Å². The molecule has 1 aromatic carbocycles. The highest BCUT2D eigenvalue weighted by Gasteiger charge is 2.30. The van der Waals surface area contributed by atoms with Crippen LogP contribution in [0.3, 0.4) is 0 Å². The van der Waals surface area contributed by atoms with Crippen LogP contribution >= 0.6 is 15.9 Å². The number of pyridine rings is 1. The number of amides is 1. The predicted octanol–water partition coefficient (Wildman–Crippen LogP) is 4.66. The van der Waals surface area contributed by atoms with Crippen LogP contribution in [0.4, 0.5) is 18.9 Å². The summed E-state index contributed by atoms with van der Waals surface area (Å²) in [5.74, 6) is -0.818. The van der Waals surface area contributed by atoms with Crippen molar-refractivity contribution in [3.8, 4) is 6.07 Å². The molecule has 0 radical (unpaired) electrons. The van der Waals surface area contributed by atoms with E-state index in [0.717, 1.165) is 16.6 Å². The summed E-state index contributed by atoms with van der Waals surface area (Å²) in [5.41, 5.74) is -0.137. The first-order valence-electron chi connectivity index (χ1n) is 7.51. The number of nitrogens with zero attached hydrogens (tertiary/aromatic N) is 3. The Morgan fingerprint density at radius 3 is 2.78 bits per heavy atom. The molecule has 0 saturated heterocycles. The summed E-state index contributed by atoms with van der Waals surface area (Å²) in [6, 6.07) is 9.49. The van der Waals surface area contributed by atoms with Crippen molar-refractivity contribution in [1.29, 1.82) is 5.26 Å². The number of halogens is 4. The van der Waals surface area contributed by atoms with Gasteiger partial charge in [0.05, 0.1) is 17.5 Å². The summed E-state index contributed by atoms with van der Waals surface area (Å²) in [7, 11) is 0. The largest absolute Gasteiger partial charge is 0.416 e. The Balaban J connectivity index is 1.89. The zero-order chi connectivity index (χ0) is 19.6. The Hall–Kier alpha value is -3.12. The van der Waals surface area contributed by atoms with Gasteiger partial charge < -0.3 is 5.32 Å². The monoisotopic (exact) mass is 434 g/mol. The van der Waals surface area contributed by atoms with E-state index in [-0.39, 0.29) is 11.3 Å². The van der Waals surface area contributed by atoms with Gasteiger partial charge in [-0.3, -0.25) is 9.20 Å². The lowest BCUT2D eigenvalue weighted by Crippen LogP contribution is -2.14. The van der Waals surface area contributed by atoms with Crippen molar-refractivity contribution in [2.45, 2.75) is 6.18 Å². The molecule has 0 unspecified atom stereocenters. The summed E-state index contributed by atoms with van der Waals surface area (Å²) in [6.07, 6.45) is -0.0154. The maximum atomic E-state index is 12.8. The summed E-state index contributed by atoms with van der Waals surface area (Å²) in [5, 5.41) is 11.6.